The molecular formula is C17H21N5O4. The maximum atomic E-state index is 12.6. The van der Waals surface area contributed by atoms with Crippen molar-refractivity contribution in [1.29, 1.82) is 0 Å². The van der Waals surface area contributed by atoms with Crippen molar-refractivity contribution >= 4 is 11.9 Å². The molecule has 9 heteroatoms. The van der Waals surface area contributed by atoms with Crippen LogP contribution in [0.5, 0.6) is 0 Å². The van der Waals surface area contributed by atoms with E-state index < -0.39 is 5.97 Å². The fourth-order valence-corrected chi connectivity index (χ4v) is 3.29. The first kappa shape index (κ1) is 17.8. The lowest BCUT2D eigenvalue weighted by Gasteiger charge is -2.33. The molecule has 0 radical (unpaired) electrons. The molecule has 26 heavy (non-hydrogen) atoms. The van der Waals surface area contributed by atoms with Gasteiger partial charge in [0.25, 0.3) is 5.56 Å². The van der Waals surface area contributed by atoms with Crippen molar-refractivity contribution in [2.24, 2.45) is 0 Å². The number of rotatable bonds is 5. The molecule has 1 aliphatic rings. The smallest absolute Gasteiger partial charge is 0.325 e. The average molecular weight is 359 g/mol. The van der Waals surface area contributed by atoms with Crippen LogP contribution >= 0.6 is 0 Å². The van der Waals surface area contributed by atoms with Crippen molar-refractivity contribution in [2.45, 2.75) is 38.8 Å². The zero-order chi connectivity index (χ0) is 18.7. The fourth-order valence-electron chi connectivity index (χ4n) is 3.29. The number of carboxylic acid groups (broad SMARTS) is 1. The fraction of sp³-hybridized carbons (Fsp3) is 0.471. The Kier molecular flexibility index (Phi) is 5.15. The van der Waals surface area contributed by atoms with Crippen LogP contribution in [0.2, 0.25) is 0 Å². The number of aryl methyl sites for hydroxylation is 1. The van der Waals surface area contributed by atoms with E-state index in [1.54, 1.807) is 30.2 Å². The normalized spacial score (nSPS) is 17.3. The molecule has 0 bridgehead atoms. The first-order valence-electron chi connectivity index (χ1n) is 8.50. The largest absolute Gasteiger partial charge is 0.480 e. The number of carbonyl (C=O) groups is 2. The van der Waals surface area contributed by atoms with Gasteiger partial charge < -0.3 is 10.0 Å². The van der Waals surface area contributed by atoms with Crippen LogP contribution in [0.4, 0.5) is 0 Å². The van der Waals surface area contributed by atoms with Gasteiger partial charge in [0, 0.05) is 37.0 Å². The Balaban J connectivity index is 1.71. The standard InChI is InChI=1S/C17H21N5O4/c1-12-4-5-15(23)22(19-12)10-16(24)20-8-2-3-13(9-20)14-6-7-18-21(14)11-17(25)26/h4-7,13H,2-3,8-11H2,1H3,(H,25,26). The van der Waals surface area contributed by atoms with Crippen molar-refractivity contribution in [3.05, 3.63) is 46.1 Å². The summed E-state index contributed by atoms with van der Waals surface area (Å²) in [6, 6.07) is 4.82. The van der Waals surface area contributed by atoms with Gasteiger partial charge in [-0.15, -0.1) is 0 Å². The minimum atomic E-state index is -0.955. The first-order chi connectivity index (χ1) is 12.4. The van der Waals surface area contributed by atoms with E-state index in [9.17, 15) is 14.4 Å². The van der Waals surface area contributed by atoms with Gasteiger partial charge in [0.05, 0.1) is 5.69 Å². The summed E-state index contributed by atoms with van der Waals surface area (Å²) >= 11 is 0. The molecule has 1 amide bonds. The highest BCUT2D eigenvalue weighted by atomic mass is 16.4. The SMILES string of the molecule is Cc1ccc(=O)n(CC(=O)N2CCCC(c3ccnn3CC(=O)O)C2)n1. The van der Waals surface area contributed by atoms with Gasteiger partial charge in [-0.05, 0) is 31.9 Å². The molecule has 1 N–H and O–H groups in total. The molecule has 1 unspecified atom stereocenters. The van der Waals surface area contributed by atoms with E-state index in [-0.39, 0.29) is 30.5 Å². The van der Waals surface area contributed by atoms with Gasteiger partial charge in [-0.1, -0.05) is 0 Å². The number of hydrogen-bond acceptors (Lipinski definition) is 5. The maximum Gasteiger partial charge on any atom is 0.325 e. The number of piperidine rings is 1. The van der Waals surface area contributed by atoms with Crippen LogP contribution in [0.3, 0.4) is 0 Å². The predicted molar refractivity (Wildman–Crippen MR) is 91.7 cm³/mol. The monoisotopic (exact) mass is 359 g/mol. The van der Waals surface area contributed by atoms with E-state index in [0.29, 0.717) is 18.8 Å². The molecule has 3 rings (SSSR count). The number of nitrogens with zero attached hydrogens (tertiary/aromatic N) is 5. The maximum absolute atomic E-state index is 12.6. The zero-order valence-electron chi connectivity index (χ0n) is 14.5. The summed E-state index contributed by atoms with van der Waals surface area (Å²) in [6.07, 6.45) is 3.25. The van der Waals surface area contributed by atoms with E-state index in [0.717, 1.165) is 18.5 Å². The molecule has 1 saturated heterocycles. The Hall–Kier alpha value is -2.97. The quantitative estimate of drug-likeness (QED) is 0.819. The number of carboxylic acids is 1. The lowest BCUT2D eigenvalue weighted by atomic mass is 9.94. The number of carbonyl (C=O) groups excluding carboxylic acids is 1. The summed E-state index contributed by atoms with van der Waals surface area (Å²) in [5.74, 6) is -1.10. The Bertz CT molecular complexity index is 872. The molecule has 0 aliphatic carbocycles. The second kappa shape index (κ2) is 7.51. The molecule has 2 aromatic rings. The predicted octanol–water partition coefficient (Wildman–Crippen LogP) is 0.239. The van der Waals surface area contributed by atoms with Crippen molar-refractivity contribution < 1.29 is 14.7 Å². The van der Waals surface area contributed by atoms with Gasteiger partial charge in [0.2, 0.25) is 5.91 Å². The third-order valence-electron chi connectivity index (χ3n) is 4.51. The van der Waals surface area contributed by atoms with E-state index >= 15 is 0 Å². The average Bonchev–Trinajstić information content (AvgIpc) is 3.05. The van der Waals surface area contributed by atoms with E-state index in [1.807, 2.05) is 0 Å². The molecule has 3 heterocycles. The van der Waals surface area contributed by atoms with Gasteiger partial charge in [-0.3, -0.25) is 19.1 Å². The third kappa shape index (κ3) is 3.98. The lowest BCUT2D eigenvalue weighted by Crippen LogP contribution is -2.43. The topological polar surface area (TPSA) is 110 Å². The summed E-state index contributed by atoms with van der Waals surface area (Å²) in [6.45, 7) is 2.56. The van der Waals surface area contributed by atoms with Crippen molar-refractivity contribution in [3.63, 3.8) is 0 Å². The summed E-state index contributed by atoms with van der Waals surface area (Å²) in [5, 5.41) is 17.2. The molecule has 0 saturated carbocycles. The Labute approximate surface area is 149 Å². The van der Waals surface area contributed by atoms with E-state index in [2.05, 4.69) is 10.2 Å². The van der Waals surface area contributed by atoms with Crippen LogP contribution < -0.4 is 5.56 Å². The minimum Gasteiger partial charge on any atom is -0.480 e. The molecule has 1 aliphatic heterocycles. The van der Waals surface area contributed by atoms with Crippen LogP contribution in [-0.2, 0) is 22.7 Å². The summed E-state index contributed by atoms with van der Waals surface area (Å²) in [4.78, 5) is 37.2. The highest BCUT2D eigenvalue weighted by molar-refractivity contribution is 5.76. The number of hydrogen-bond donors (Lipinski definition) is 1. The van der Waals surface area contributed by atoms with Crippen LogP contribution in [0.15, 0.2) is 29.2 Å². The number of aliphatic carboxylic acids is 1. The van der Waals surface area contributed by atoms with Crippen LogP contribution in [-0.4, -0.2) is 54.5 Å². The van der Waals surface area contributed by atoms with E-state index in [4.69, 9.17) is 5.11 Å². The van der Waals surface area contributed by atoms with Crippen molar-refractivity contribution in [1.82, 2.24) is 24.5 Å². The Morgan fingerprint density at radius 3 is 2.81 bits per heavy atom. The molecule has 1 atom stereocenters. The van der Waals surface area contributed by atoms with Crippen LogP contribution in [0.1, 0.15) is 30.1 Å². The van der Waals surface area contributed by atoms with Crippen LogP contribution in [0, 0.1) is 6.92 Å². The summed E-state index contributed by atoms with van der Waals surface area (Å²) < 4.78 is 2.64. The Morgan fingerprint density at radius 1 is 1.23 bits per heavy atom. The first-order valence-corrected chi connectivity index (χ1v) is 8.50. The van der Waals surface area contributed by atoms with E-state index in [1.165, 1.54) is 15.4 Å². The third-order valence-corrected chi connectivity index (χ3v) is 4.51. The van der Waals surface area contributed by atoms with Crippen LogP contribution in [0.25, 0.3) is 0 Å². The second-order valence-electron chi connectivity index (χ2n) is 6.46. The molecule has 0 aromatic carbocycles. The minimum absolute atomic E-state index is 0.0248. The Morgan fingerprint density at radius 2 is 2.04 bits per heavy atom. The summed E-state index contributed by atoms with van der Waals surface area (Å²) in [5.41, 5.74) is 1.18. The molecule has 1 fully saturated rings. The molecule has 2 aromatic heterocycles. The lowest BCUT2D eigenvalue weighted by molar-refractivity contribution is -0.138. The van der Waals surface area contributed by atoms with Crippen molar-refractivity contribution in [2.75, 3.05) is 13.1 Å². The van der Waals surface area contributed by atoms with Gasteiger partial charge >= 0.3 is 5.97 Å². The molecular weight excluding hydrogens is 338 g/mol. The number of aromatic nitrogens is 4. The van der Waals surface area contributed by atoms with Gasteiger partial charge in [0.15, 0.2) is 0 Å². The molecule has 0 spiro atoms. The molecule has 9 nitrogen and oxygen atoms in total. The van der Waals surface area contributed by atoms with Gasteiger partial charge in [-0.2, -0.15) is 10.2 Å². The molecule has 138 valence electrons. The van der Waals surface area contributed by atoms with Crippen molar-refractivity contribution in [3.8, 4) is 0 Å². The zero-order valence-corrected chi connectivity index (χ0v) is 14.5. The number of likely N-dealkylation sites (tertiary alicyclic amines) is 1. The van der Waals surface area contributed by atoms with Gasteiger partial charge in [-0.25, -0.2) is 4.68 Å². The van der Waals surface area contributed by atoms with Gasteiger partial charge in [0.1, 0.15) is 13.1 Å². The number of amides is 1. The highest BCUT2D eigenvalue weighted by Gasteiger charge is 2.27. The highest BCUT2D eigenvalue weighted by Crippen LogP contribution is 2.26. The second-order valence-corrected chi connectivity index (χ2v) is 6.46. The summed E-state index contributed by atoms with van der Waals surface area (Å²) in [7, 11) is 0.